The summed E-state index contributed by atoms with van der Waals surface area (Å²) in [5.74, 6) is -1.91. The monoisotopic (exact) mass is 373 g/mol. The summed E-state index contributed by atoms with van der Waals surface area (Å²) in [6.45, 7) is 1.24. The fourth-order valence-corrected chi connectivity index (χ4v) is 5.03. The summed E-state index contributed by atoms with van der Waals surface area (Å²) >= 11 is 1.57. The van der Waals surface area contributed by atoms with Crippen LogP contribution in [0.2, 0.25) is 0 Å². The average Bonchev–Trinajstić information content (AvgIpc) is 3.09. The maximum atomic E-state index is 13.8. The van der Waals surface area contributed by atoms with E-state index in [0.29, 0.717) is 32.1 Å². The SMILES string of the molecule is O=S(=O)(NCC1(c2cccs2)CCOCC1)c1ccc(F)cc1F. The number of thiophene rings is 1. The Bertz CT molecular complexity index is 801. The normalized spacial score (nSPS) is 17.8. The minimum absolute atomic E-state index is 0.149. The van der Waals surface area contributed by atoms with Crippen LogP contribution in [0.1, 0.15) is 17.7 Å². The van der Waals surface area contributed by atoms with E-state index < -0.39 is 26.6 Å². The summed E-state index contributed by atoms with van der Waals surface area (Å²) in [5.41, 5.74) is -0.365. The number of ether oxygens (including phenoxy) is 1. The number of halogens is 2. The predicted octanol–water partition coefficient (Wildman–Crippen LogP) is 3.05. The third-order valence-electron chi connectivity index (χ3n) is 4.28. The van der Waals surface area contributed by atoms with E-state index in [-0.39, 0.29) is 12.0 Å². The van der Waals surface area contributed by atoms with Crippen molar-refractivity contribution in [2.75, 3.05) is 19.8 Å². The molecule has 4 nitrogen and oxygen atoms in total. The zero-order valence-corrected chi connectivity index (χ0v) is 14.4. The average molecular weight is 373 g/mol. The Kier molecular flexibility index (Phi) is 5.00. The van der Waals surface area contributed by atoms with E-state index in [1.54, 1.807) is 11.3 Å². The second kappa shape index (κ2) is 6.87. The molecule has 1 aromatic carbocycles. The van der Waals surface area contributed by atoms with Crippen LogP contribution in [0, 0.1) is 11.6 Å². The van der Waals surface area contributed by atoms with Crippen molar-refractivity contribution in [2.45, 2.75) is 23.2 Å². The quantitative estimate of drug-likeness (QED) is 0.876. The van der Waals surface area contributed by atoms with Crippen molar-refractivity contribution in [2.24, 2.45) is 0 Å². The molecule has 1 aliphatic heterocycles. The van der Waals surface area contributed by atoms with Gasteiger partial charge in [0, 0.05) is 36.1 Å². The Morgan fingerprint density at radius 3 is 2.58 bits per heavy atom. The highest BCUT2D eigenvalue weighted by molar-refractivity contribution is 7.89. The number of sulfonamides is 1. The molecule has 1 N–H and O–H groups in total. The molecular weight excluding hydrogens is 356 g/mol. The van der Waals surface area contributed by atoms with Crippen LogP contribution in [0.3, 0.4) is 0 Å². The highest BCUT2D eigenvalue weighted by Crippen LogP contribution is 2.37. The van der Waals surface area contributed by atoms with E-state index in [4.69, 9.17) is 4.74 Å². The molecule has 0 unspecified atom stereocenters. The highest BCUT2D eigenvalue weighted by atomic mass is 32.2. The molecule has 3 rings (SSSR count). The Morgan fingerprint density at radius 2 is 1.96 bits per heavy atom. The van der Waals surface area contributed by atoms with E-state index in [2.05, 4.69) is 4.72 Å². The van der Waals surface area contributed by atoms with E-state index in [1.807, 2.05) is 17.5 Å². The predicted molar refractivity (Wildman–Crippen MR) is 87.6 cm³/mol. The Labute approximate surface area is 143 Å². The van der Waals surface area contributed by atoms with Gasteiger partial charge in [-0.3, -0.25) is 0 Å². The lowest BCUT2D eigenvalue weighted by Gasteiger charge is -2.36. The first-order valence-corrected chi connectivity index (χ1v) is 9.86. The third-order valence-corrected chi connectivity index (χ3v) is 6.83. The Hall–Kier alpha value is -1.35. The number of rotatable bonds is 5. The molecule has 24 heavy (non-hydrogen) atoms. The molecule has 0 saturated carbocycles. The minimum atomic E-state index is -4.06. The van der Waals surface area contributed by atoms with Crippen molar-refractivity contribution in [3.8, 4) is 0 Å². The largest absolute Gasteiger partial charge is 0.381 e. The van der Waals surface area contributed by atoms with Crippen LogP contribution in [-0.4, -0.2) is 28.2 Å². The van der Waals surface area contributed by atoms with E-state index in [9.17, 15) is 17.2 Å². The van der Waals surface area contributed by atoms with Gasteiger partial charge < -0.3 is 4.74 Å². The summed E-state index contributed by atoms with van der Waals surface area (Å²) in [7, 11) is -4.06. The van der Waals surface area contributed by atoms with Crippen LogP contribution < -0.4 is 4.72 Å². The van der Waals surface area contributed by atoms with Gasteiger partial charge in [-0.1, -0.05) is 6.07 Å². The minimum Gasteiger partial charge on any atom is -0.381 e. The fourth-order valence-electron chi connectivity index (χ4n) is 2.86. The van der Waals surface area contributed by atoms with Gasteiger partial charge in [0.1, 0.15) is 16.5 Å². The van der Waals surface area contributed by atoms with Gasteiger partial charge in [0.25, 0.3) is 0 Å². The fraction of sp³-hybridized carbons (Fsp3) is 0.375. The van der Waals surface area contributed by atoms with Crippen LogP contribution in [0.25, 0.3) is 0 Å². The van der Waals surface area contributed by atoms with Crippen molar-refractivity contribution in [3.05, 3.63) is 52.2 Å². The smallest absolute Gasteiger partial charge is 0.243 e. The molecule has 0 bridgehead atoms. The molecule has 2 aromatic rings. The standard InChI is InChI=1S/C16H17F2NO3S2/c17-12-3-4-14(13(18)10-12)24(20,21)19-11-16(5-7-22-8-6-16)15-2-1-9-23-15/h1-4,9-10,19H,5-8,11H2. The van der Waals surface area contributed by atoms with Crippen LogP contribution in [-0.2, 0) is 20.2 Å². The molecule has 0 atom stereocenters. The summed E-state index contributed by atoms with van der Waals surface area (Å²) < 4.78 is 59.5. The van der Waals surface area contributed by atoms with Gasteiger partial charge in [-0.05, 0) is 36.4 Å². The molecule has 0 radical (unpaired) electrons. The molecular formula is C16H17F2NO3S2. The molecule has 0 spiro atoms. The molecule has 2 heterocycles. The first-order valence-electron chi connectivity index (χ1n) is 7.49. The van der Waals surface area contributed by atoms with Gasteiger partial charge in [-0.25, -0.2) is 21.9 Å². The van der Waals surface area contributed by atoms with Crippen LogP contribution >= 0.6 is 11.3 Å². The molecule has 8 heteroatoms. The Morgan fingerprint density at radius 1 is 1.21 bits per heavy atom. The lowest BCUT2D eigenvalue weighted by molar-refractivity contribution is 0.0529. The summed E-state index contributed by atoms with van der Waals surface area (Å²) in [6, 6.07) is 6.34. The number of nitrogens with one attached hydrogen (secondary N) is 1. The van der Waals surface area contributed by atoms with E-state index in [1.165, 1.54) is 0 Å². The van der Waals surface area contributed by atoms with Gasteiger partial charge in [-0.15, -0.1) is 11.3 Å². The molecule has 0 aliphatic carbocycles. The molecule has 1 aliphatic rings. The van der Waals surface area contributed by atoms with Crippen molar-refractivity contribution < 1.29 is 21.9 Å². The zero-order chi connectivity index (χ0) is 17.2. The summed E-state index contributed by atoms with van der Waals surface area (Å²) in [5, 5.41) is 1.95. The zero-order valence-electron chi connectivity index (χ0n) is 12.8. The van der Waals surface area contributed by atoms with Crippen molar-refractivity contribution >= 4 is 21.4 Å². The first kappa shape index (κ1) is 17.5. The second-order valence-corrected chi connectivity index (χ2v) is 8.45. The van der Waals surface area contributed by atoms with Gasteiger partial charge >= 0.3 is 0 Å². The van der Waals surface area contributed by atoms with Crippen molar-refractivity contribution in [3.63, 3.8) is 0 Å². The summed E-state index contributed by atoms with van der Waals surface area (Å²) in [6.07, 6.45) is 1.36. The lowest BCUT2D eigenvalue weighted by Crippen LogP contribution is -2.44. The van der Waals surface area contributed by atoms with Crippen LogP contribution in [0.15, 0.2) is 40.6 Å². The van der Waals surface area contributed by atoms with Gasteiger partial charge in [-0.2, -0.15) is 0 Å². The lowest BCUT2D eigenvalue weighted by atomic mass is 9.79. The molecule has 1 saturated heterocycles. The Balaban J connectivity index is 1.84. The third kappa shape index (κ3) is 3.51. The number of hydrogen-bond acceptors (Lipinski definition) is 4. The highest BCUT2D eigenvalue weighted by Gasteiger charge is 2.37. The number of benzene rings is 1. The molecule has 130 valence electrons. The van der Waals surface area contributed by atoms with E-state index >= 15 is 0 Å². The van der Waals surface area contributed by atoms with Crippen molar-refractivity contribution in [1.29, 1.82) is 0 Å². The first-order chi connectivity index (χ1) is 11.4. The topological polar surface area (TPSA) is 55.4 Å². The van der Waals surface area contributed by atoms with Crippen molar-refractivity contribution in [1.82, 2.24) is 4.72 Å². The van der Waals surface area contributed by atoms with Gasteiger partial charge in [0.2, 0.25) is 10.0 Å². The van der Waals surface area contributed by atoms with Gasteiger partial charge in [0.05, 0.1) is 0 Å². The maximum absolute atomic E-state index is 13.8. The molecule has 0 amide bonds. The van der Waals surface area contributed by atoms with Gasteiger partial charge in [0.15, 0.2) is 0 Å². The molecule has 1 fully saturated rings. The van der Waals surface area contributed by atoms with Crippen LogP contribution in [0.4, 0.5) is 8.78 Å². The molecule has 1 aromatic heterocycles. The summed E-state index contributed by atoms with van der Waals surface area (Å²) in [4.78, 5) is 0.533. The number of hydrogen-bond donors (Lipinski definition) is 1. The van der Waals surface area contributed by atoms with E-state index in [0.717, 1.165) is 17.0 Å². The second-order valence-electron chi connectivity index (χ2n) is 5.77. The maximum Gasteiger partial charge on any atom is 0.243 e. The van der Waals surface area contributed by atoms with Crippen LogP contribution in [0.5, 0.6) is 0 Å².